The first-order valence-electron chi connectivity index (χ1n) is 5.70. The Bertz CT molecular complexity index is 522. The van der Waals surface area contributed by atoms with Crippen molar-refractivity contribution in [3.05, 3.63) is 27.1 Å². The number of hydrogen-bond acceptors (Lipinski definition) is 3. The lowest BCUT2D eigenvalue weighted by Crippen LogP contribution is -2.42. The molecule has 5 nitrogen and oxygen atoms in total. The van der Waals surface area contributed by atoms with E-state index in [1.165, 1.54) is 0 Å². The van der Waals surface area contributed by atoms with Crippen molar-refractivity contribution in [2.24, 2.45) is 0 Å². The van der Waals surface area contributed by atoms with Crippen LogP contribution in [0.3, 0.4) is 0 Å². The Kier molecular flexibility index (Phi) is 4.46. The molecule has 1 N–H and O–H groups in total. The molecule has 0 spiro atoms. The summed E-state index contributed by atoms with van der Waals surface area (Å²) in [5.74, 6) is 0.216. The molecular formula is C12H12Br2N2O3. The summed E-state index contributed by atoms with van der Waals surface area (Å²) in [5.41, 5.74) is 0. The van der Waals surface area contributed by atoms with Gasteiger partial charge in [0.1, 0.15) is 5.75 Å². The monoisotopic (exact) mass is 390 g/mol. The molecule has 0 saturated carbocycles. The summed E-state index contributed by atoms with van der Waals surface area (Å²) < 4.78 is 7.23. The topological polar surface area (TPSA) is 58.6 Å². The minimum atomic E-state index is -0.721. The molecule has 1 aromatic rings. The highest BCUT2D eigenvalue weighted by atomic mass is 79.9. The van der Waals surface area contributed by atoms with Gasteiger partial charge in [-0.25, -0.2) is 4.79 Å². The number of halogens is 2. The zero-order chi connectivity index (χ0) is 14.0. The molecule has 3 amide bonds. The van der Waals surface area contributed by atoms with Crippen LogP contribution in [0.15, 0.2) is 27.1 Å². The molecule has 0 bridgehead atoms. The van der Waals surface area contributed by atoms with Crippen LogP contribution in [-0.4, -0.2) is 36.0 Å². The molecule has 0 aliphatic carbocycles. The number of hydrogen-bond donors (Lipinski definition) is 1. The fraction of sp³-hybridized carbons (Fsp3) is 0.333. The third kappa shape index (κ3) is 3.27. The number of amides is 3. The summed E-state index contributed by atoms with van der Waals surface area (Å²) in [4.78, 5) is 24.6. The summed E-state index contributed by atoms with van der Waals surface area (Å²) in [6.07, 6.45) is -0.721. The number of imide groups is 1. The van der Waals surface area contributed by atoms with Crippen molar-refractivity contribution < 1.29 is 14.3 Å². The second kappa shape index (κ2) is 5.92. The highest BCUT2D eigenvalue weighted by Gasteiger charge is 2.30. The first-order valence-corrected chi connectivity index (χ1v) is 7.28. The molecule has 1 aliphatic rings. The molecule has 1 aromatic carbocycles. The van der Waals surface area contributed by atoms with Crippen molar-refractivity contribution in [3.8, 4) is 5.75 Å². The van der Waals surface area contributed by atoms with Gasteiger partial charge in [-0.05, 0) is 41.1 Å². The average Bonchev–Trinajstić information content (AvgIpc) is 2.78. The number of urea groups is 1. The molecule has 1 atom stereocenters. The Hall–Kier alpha value is -1.08. The fourth-order valence-corrected chi connectivity index (χ4v) is 2.85. The molecule has 1 unspecified atom stereocenters. The van der Waals surface area contributed by atoms with Crippen LogP contribution in [0.5, 0.6) is 5.75 Å². The zero-order valence-electron chi connectivity index (χ0n) is 10.2. The predicted octanol–water partition coefficient (Wildman–Crippen LogP) is 2.53. The summed E-state index contributed by atoms with van der Waals surface area (Å²) in [7, 11) is 0. The molecule has 7 heteroatoms. The van der Waals surface area contributed by atoms with Crippen LogP contribution in [0.25, 0.3) is 0 Å². The molecule has 1 fully saturated rings. The van der Waals surface area contributed by atoms with E-state index in [9.17, 15) is 9.59 Å². The lowest BCUT2D eigenvalue weighted by Gasteiger charge is -2.19. The normalized spacial score (nSPS) is 16.2. The van der Waals surface area contributed by atoms with E-state index in [0.717, 1.165) is 13.8 Å². The number of rotatable bonds is 3. The van der Waals surface area contributed by atoms with Gasteiger partial charge < -0.3 is 10.1 Å². The molecule has 102 valence electrons. The number of benzene rings is 1. The van der Waals surface area contributed by atoms with Gasteiger partial charge in [0.15, 0.2) is 6.10 Å². The van der Waals surface area contributed by atoms with E-state index in [1.54, 1.807) is 13.0 Å². The van der Waals surface area contributed by atoms with Gasteiger partial charge in [0.25, 0.3) is 5.91 Å². The molecule has 19 heavy (non-hydrogen) atoms. The summed E-state index contributed by atoms with van der Waals surface area (Å²) >= 11 is 6.70. The van der Waals surface area contributed by atoms with Crippen LogP contribution in [0.1, 0.15) is 6.92 Å². The smallest absolute Gasteiger partial charge is 0.324 e. The maximum atomic E-state index is 12.1. The Labute approximate surface area is 127 Å². The highest BCUT2D eigenvalue weighted by molar-refractivity contribution is 9.11. The van der Waals surface area contributed by atoms with Gasteiger partial charge in [-0.2, -0.15) is 0 Å². The van der Waals surface area contributed by atoms with Gasteiger partial charge in [-0.1, -0.05) is 15.9 Å². The Morgan fingerprint density at radius 1 is 1.47 bits per heavy atom. The lowest BCUT2D eigenvalue weighted by molar-refractivity contribution is -0.134. The van der Waals surface area contributed by atoms with Crippen LogP contribution >= 0.6 is 31.9 Å². The minimum absolute atomic E-state index is 0.343. The van der Waals surface area contributed by atoms with Gasteiger partial charge in [0.05, 0.1) is 4.47 Å². The lowest BCUT2D eigenvalue weighted by atomic mass is 10.3. The van der Waals surface area contributed by atoms with Gasteiger partial charge in [-0.3, -0.25) is 9.69 Å². The van der Waals surface area contributed by atoms with E-state index in [4.69, 9.17) is 4.74 Å². The number of nitrogens with one attached hydrogen (secondary N) is 1. The van der Waals surface area contributed by atoms with E-state index in [-0.39, 0.29) is 11.9 Å². The van der Waals surface area contributed by atoms with Crippen molar-refractivity contribution >= 4 is 43.8 Å². The Balaban J connectivity index is 2.06. The van der Waals surface area contributed by atoms with E-state index in [2.05, 4.69) is 37.2 Å². The molecule has 0 aromatic heterocycles. The summed E-state index contributed by atoms with van der Waals surface area (Å²) in [6.45, 7) is 2.49. The third-order valence-electron chi connectivity index (χ3n) is 2.67. The maximum absolute atomic E-state index is 12.1. The second-order valence-electron chi connectivity index (χ2n) is 4.06. The number of nitrogens with zero attached hydrogens (tertiary/aromatic N) is 1. The second-order valence-corrected chi connectivity index (χ2v) is 5.83. The van der Waals surface area contributed by atoms with Crippen LogP contribution < -0.4 is 10.1 Å². The minimum Gasteiger partial charge on any atom is -0.480 e. The standard InChI is InChI=1S/C12H12Br2N2O3/c1-7(11(17)16-5-4-15-12(16)18)19-10-3-2-8(13)6-9(10)14/h2-3,6-7H,4-5H2,1H3,(H,15,18). The fourth-order valence-electron chi connectivity index (χ4n) is 1.71. The molecule has 0 radical (unpaired) electrons. The Morgan fingerprint density at radius 3 is 2.79 bits per heavy atom. The third-order valence-corrected chi connectivity index (χ3v) is 3.78. The van der Waals surface area contributed by atoms with Gasteiger partial charge in [0, 0.05) is 17.6 Å². The van der Waals surface area contributed by atoms with Crippen LogP contribution in [0.2, 0.25) is 0 Å². The largest absolute Gasteiger partial charge is 0.480 e. The number of ether oxygens (including phenoxy) is 1. The highest BCUT2D eigenvalue weighted by Crippen LogP contribution is 2.29. The van der Waals surface area contributed by atoms with E-state index >= 15 is 0 Å². The van der Waals surface area contributed by atoms with Crippen molar-refractivity contribution in [1.82, 2.24) is 10.2 Å². The van der Waals surface area contributed by atoms with E-state index < -0.39 is 6.10 Å². The van der Waals surface area contributed by atoms with E-state index in [0.29, 0.717) is 18.8 Å². The van der Waals surface area contributed by atoms with Crippen molar-refractivity contribution in [3.63, 3.8) is 0 Å². The molecule has 1 heterocycles. The number of carbonyl (C=O) groups excluding carboxylic acids is 2. The SMILES string of the molecule is CC(Oc1ccc(Br)cc1Br)C(=O)N1CCNC1=O. The average molecular weight is 392 g/mol. The van der Waals surface area contributed by atoms with Crippen molar-refractivity contribution in [1.29, 1.82) is 0 Å². The maximum Gasteiger partial charge on any atom is 0.324 e. The van der Waals surface area contributed by atoms with Crippen LogP contribution in [-0.2, 0) is 4.79 Å². The van der Waals surface area contributed by atoms with Gasteiger partial charge >= 0.3 is 6.03 Å². The summed E-state index contributed by atoms with van der Waals surface area (Å²) in [6, 6.07) is 5.03. The predicted molar refractivity (Wildman–Crippen MR) is 77.0 cm³/mol. The van der Waals surface area contributed by atoms with Crippen molar-refractivity contribution in [2.45, 2.75) is 13.0 Å². The molecule has 1 aliphatic heterocycles. The van der Waals surface area contributed by atoms with Crippen molar-refractivity contribution in [2.75, 3.05) is 13.1 Å². The van der Waals surface area contributed by atoms with Crippen LogP contribution in [0.4, 0.5) is 4.79 Å². The first-order chi connectivity index (χ1) is 8.99. The summed E-state index contributed by atoms with van der Waals surface area (Å²) in [5, 5.41) is 2.58. The zero-order valence-corrected chi connectivity index (χ0v) is 13.3. The first kappa shape index (κ1) is 14.3. The molecule has 2 rings (SSSR count). The molecule has 1 saturated heterocycles. The number of carbonyl (C=O) groups is 2. The van der Waals surface area contributed by atoms with Gasteiger partial charge in [0.2, 0.25) is 0 Å². The quantitative estimate of drug-likeness (QED) is 0.861. The van der Waals surface area contributed by atoms with Crippen LogP contribution in [0, 0.1) is 0 Å². The van der Waals surface area contributed by atoms with Gasteiger partial charge in [-0.15, -0.1) is 0 Å². The molecular weight excluding hydrogens is 380 g/mol. The van der Waals surface area contributed by atoms with E-state index in [1.807, 2.05) is 12.1 Å². The Morgan fingerprint density at radius 2 is 2.21 bits per heavy atom.